The molecule has 214 valence electrons. The summed E-state index contributed by atoms with van der Waals surface area (Å²) in [5.41, 5.74) is -2.74. The van der Waals surface area contributed by atoms with Gasteiger partial charge in [0, 0.05) is 12.1 Å². The van der Waals surface area contributed by atoms with Gasteiger partial charge in [-0.1, -0.05) is 39.8 Å². The molecule has 3 aliphatic rings. The van der Waals surface area contributed by atoms with Gasteiger partial charge in [-0.3, -0.25) is 14.4 Å². The third-order valence-corrected chi connectivity index (χ3v) is 8.82. The maximum Gasteiger partial charge on any atom is 0.312 e. The Balaban J connectivity index is 2.13. The number of aliphatic hydroxyl groups excluding tert-OH is 1. The van der Waals surface area contributed by atoms with E-state index in [1.165, 1.54) is 4.90 Å². The highest BCUT2D eigenvalue weighted by atomic mass is 16.6. The molecule has 8 nitrogen and oxygen atoms in total. The van der Waals surface area contributed by atoms with Gasteiger partial charge in [0.25, 0.3) is 0 Å². The number of aliphatic hydroxyl groups is 1. The van der Waals surface area contributed by atoms with Crippen LogP contribution in [0.15, 0.2) is 25.3 Å². The Labute approximate surface area is 228 Å². The van der Waals surface area contributed by atoms with Gasteiger partial charge < -0.3 is 24.4 Å². The molecule has 3 aliphatic heterocycles. The summed E-state index contributed by atoms with van der Waals surface area (Å²) >= 11 is 0. The number of hydrogen-bond acceptors (Lipinski definition) is 6. The van der Waals surface area contributed by atoms with Gasteiger partial charge >= 0.3 is 5.97 Å². The highest BCUT2D eigenvalue weighted by molar-refractivity contribution is 5.99. The van der Waals surface area contributed by atoms with Crippen LogP contribution >= 0.6 is 0 Å². The lowest BCUT2D eigenvalue weighted by molar-refractivity contribution is -0.164. The van der Waals surface area contributed by atoms with E-state index in [0.29, 0.717) is 19.4 Å². The maximum atomic E-state index is 14.7. The first-order chi connectivity index (χ1) is 17.5. The van der Waals surface area contributed by atoms with Crippen LogP contribution in [-0.2, 0) is 23.9 Å². The van der Waals surface area contributed by atoms with Crippen LogP contribution < -0.4 is 0 Å². The zero-order chi connectivity index (χ0) is 28.8. The van der Waals surface area contributed by atoms with E-state index < -0.39 is 46.6 Å². The smallest absolute Gasteiger partial charge is 0.312 e. The molecule has 0 saturated carbocycles. The minimum atomic E-state index is -1.19. The molecule has 1 N–H and O–H groups in total. The first-order valence-electron chi connectivity index (χ1n) is 13.9. The summed E-state index contributed by atoms with van der Waals surface area (Å²) in [5, 5.41) is 10.1. The SMILES string of the molecule is C=CCCOC(=O)[C@@H]1[C@H]2C(=O)N([C@H](C)CO)C(C(=O)N(CC=C)C(C)(C)CC(C)(C)C)C23CC(C)[C@@]1(C)O3. The molecule has 2 bridgehead atoms. The topological polar surface area (TPSA) is 96.4 Å². The van der Waals surface area contributed by atoms with Crippen LogP contribution in [0.25, 0.3) is 0 Å². The molecular weight excluding hydrogens is 484 g/mol. The van der Waals surface area contributed by atoms with E-state index >= 15 is 0 Å². The van der Waals surface area contributed by atoms with Crippen LogP contribution in [0.1, 0.15) is 74.7 Å². The maximum absolute atomic E-state index is 14.7. The lowest BCUT2D eigenvalue weighted by Gasteiger charge is -2.46. The van der Waals surface area contributed by atoms with Crippen LogP contribution in [-0.4, -0.2) is 81.3 Å². The van der Waals surface area contributed by atoms with Crippen molar-refractivity contribution in [1.82, 2.24) is 9.80 Å². The largest absolute Gasteiger partial charge is 0.465 e. The highest BCUT2D eigenvalue weighted by Gasteiger charge is 2.80. The molecule has 1 spiro atoms. The molecule has 3 heterocycles. The number of carbonyl (C=O) groups excluding carboxylic acids is 3. The van der Waals surface area contributed by atoms with Crippen molar-refractivity contribution in [2.24, 2.45) is 23.2 Å². The number of fused-ring (bicyclic) bond motifs is 1. The lowest BCUT2D eigenvalue weighted by Crippen LogP contribution is -2.62. The number of amides is 2. The average Bonchev–Trinajstić information content (AvgIpc) is 3.31. The molecule has 3 rings (SSSR count). The lowest BCUT2D eigenvalue weighted by atomic mass is 9.62. The second-order valence-electron chi connectivity index (χ2n) is 13.5. The first kappa shape index (κ1) is 30.4. The van der Waals surface area contributed by atoms with E-state index in [9.17, 15) is 19.5 Å². The number of ether oxygens (including phenoxy) is 2. The van der Waals surface area contributed by atoms with Gasteiger partial charge in [-0.15, -0.1) is 13.2 Å². The number of esters is 1. The summed E-state index contributed by atoms with van der Waals surface area (Å²) in [6.45, 7) is 23.8. The molecule has 0 radical (unpaired) electrons. The Kier molecular flexibility index (Phi) is 8.32. The number of nitrogens with zero attached hydrogens (tertiary/aromatic N) is 2. The Morgan fingerprint density at radius 2 is 1.89 bits per heavy atom. The molecule has 0 aromatic carbocycles. The summed E-state index contributed by atoms with van der Waals surface area (Å²) in [6, 6.07) is -1.60. The third-order valence-electron chi connectivity index (χ3n) is 8.82. The quantitative estimate of drug-likeness (QED) is 0.248. The summed E-state index contributed by atoms with van der Waals surface area (Å²) < 4.78 is 12.3. The van der Waals surface area contributed by atoms with Crippen molar-refractivity contribution in [3.8, 4) is 0 Å². The predicted molar refractivity (Wildman–Crippen MR) is 146 cm³/mol. The Bertz CT molecular complexity index is 970. The summed E-state index contributed by atoms with van der Waals surface area (Å²) in [7, 11) is 0. The second kappa shape index (κ2) is 10.4. The van der Waals surface area contributed by atoms with Crippen molar-refractivity contribution in [2.45, 2.75) is 103 Å². The van der Waals surface area contributed by atoms with Crippen LogP contribution in [0.5, 0.6) is 0 Å². The fourth-order valence-electron chi connectivity index (χ4n) is 7.51. The van der Waals surface area contributed by atoms with Gasteiger partial charge in [0.2, 0.25) is 11.8 Å². The molecule has 38 heavy (non-hydrogen) atoms. The third kappa shape index (κ3) is 4.83. The fourth-order valence-corrected chi connectivity index (χ4v) is 7.51. The Morgan fingerprint density at radius 1 is 1.26 bits per heavy atom. The van der Waals surface area contributed by atoms with Gasteiger partial charge in [0.1, 0.15) is 17.6 Å². The van der Waals surface area contributed by atoms with Crippen molar-refractivity contribution in [3.05, 3.63) is 25.3 Å². The van der Waals surface area contributed by atoms with Crippen molar-refractivity contribution in [1.29, 1.82) is 0 Å². The monoisotopic (exact) mass is 532 g/mol. The highest BCUT2D eigenvalue weighted by Crippen LogP contribution is 2.65. The summed E-state index contributed by atoms with van der Waals surface area (Å²) in [5.74, 6) is -2.85. The predicted octanol–water partition coefficient (Wildman–Crippen LogP) is 3.73. The summed E-state index contributed by atoms with van der Waals surface area (Å²) in [4.78, 5) is 45.6. The molecule has 3 unspecified atom stereocenters. The van der Waals surface area contributed by atoms with E-state index in [-0.39, 0.29) is 36.4 Å². The van der Waals surface area contributed by atoms with Gasteiger partial charge in [-0.25, -0.2) is 0 Å². The fraction of sp³-hybridized carbons (Fsp3) is 0.767. The molecule has 8 heteroatoms. The van der Waals surface area contributed by atoms with Crippen molar-refractivity contribution >= 4 is 17.8 Å². The van der Waals surface area contributed by atoms with E-state index in [1.807, 2.05) is 27.7 Å². The molecule has 3 saturated heterocycles. The first-order valence-corrected chi connectivity index (χ1v) is 13.9. The van der Waals surface area contributed by atoms with Gasteiger partial charge in [-0.2, -0.15) is 0 Å². The van der Waals surface area contributed by atoms with E-state index in [4.69, 9.17) is 9.47 Å². The van der Waals surface area contributed by atoms with Crippen LogP contribution in [0.4, 0.5) is 0 Å². The summed E-state index contributed by atoms with van der Waals surface area (Å²) in [6.07, 6.45) is 5.06. The second-order valence-corrected chi connectivity index (χ2v) is 13.5. The Hall–Kier alpha value is -2.19. The zero-order valence-electron chi connectivity index (χ0n) is 24.6. The van der Waals surface area contributed by atoms with Gasteiger partial charge in [-0.05, 0) is 58.3 Å². The van der Waals surface area contributed by atoms with Crippen molar-refractivity contribution in [3.63, 3.8) is 0 Å². The van der Waals surface area contributed by atoms with Gasteiger partial charge in [0.15, 0.2) is 0 Å². The molecule has 0 aliphatic carbocycles. The van der Waals surface area contributed by atoms with Crippen LogP contribution in [0.2, 0.25) is 0 Å². The molecule has 0 aromatic rings. The van der Waals surface area contributed by atoms with Gasteiger partial charge in [0.05, 0.1) is 30.8 Å². The average molecular weight is 533 g/mol. The van der Waals surface area contributed by atoms with Crippen LogP contribution in [0.3, 0.4) is 0 Å². The minimum Gasteiger partial charge on any atom is -0.465 e. The standard InChI is InChI=1S/C30H48N2O6/c1-11-13-15-37-26(36)22-21-24(34)32(20(4)17-33)23(30(21)16-19(3)29(22,10)38-30)25(35)31(14-12-2)28(8,9)18-27(5,6)7/h11-12,19-23,33H,1-2,13-18H2,3-10H3/t19?,20-,21+,22+,23?,29-,30?/m1/s1. The minimum absolute atomic E-state index is 0.0574. The molecule has 3 fully saturated rings. The van der Waals surface area contributed by atoms with Crippen molar-refractivity contribution < 1.29 is 29.0 Å². The molecule has 7 atom stereocenters. The number of hydrogen-bond donors (Lipinski definition) is 1. The van der Waals surface area contributed by atoms with Crippen LogP contribution in [0, 0.1) is 23.2 Å². The molecule has 0 aromatic heterocycles. The number of rotatable bonds is 11. The number of carbonyl (C=O) groups is 3. The van der Waals surface area contributed by atoms with Crippen molar-refractivity contribution in [2.75, 3.05) is 19.8 Å². The molecular formula is C30H48N2O6. The number of likely N-dealkylation sites (tertiary alicyclic amines) is 1. The van der Waals surface area contributed by atoms with E-state index in [2.05, 4.69) is 33.9 Å². The van der Waals surface area contributed by atoms with E-state index in [0.717, 1.165) is 6.42 Å². The molecule has 2 amide bonds. The van der Waals surface area contributed by atoms with E-state index in [1.54, 1.807) is 24.0 Å². The normalized spacial score (nSPS) is 33.2. The zero-order valence-corrected chi connectivity index (χ0v) is 24.6. The Morgan fingerprint density at radius 3 is 2.42 bits per heavy atom.